The molecule has 0 saturated carbocycles. The molecule has 2 heterocycles. The number of carbonyl (C=O) groups excluding carboxylic acids is 1. The first kappa shape index (κ1) is 16.0. The van der Waals surface area contributed by atoms with Gasteiger partial charge in [-0.1, -0.05) is 30.3 Å². The minimum atomic E-state index is -0.383. The van der Waals surface area contributed by atoms with Gasteiger partial charge in [-0.25, -0.2) is 10.5 Å². The van der Waals surface area contributed by atoms with Gasteiger partial charge in [-0.3, -0.25) is 19.0 Å². The van der Waals surface area contributed by atoms with Gasteiger partial charge in [0.05, 0.1) is 18.3 Å². The van der Waals surface area contributed by atoms with Gasteiger partial charge in [0.15, 0.2) is 0 Å². The minimum absolute atomic E-state index is 0.110. The standard InChI is InChI=1S/C18H17N3O3S/c22-15(20-24-10-12-5-2-1-3-6-12)9-21-11-19-17-16(18(21)23)13-7-4-8-14(13)25-17/h1-3,5-6,11H,4,7-10H2,(H,20,22). The summed E-state index contributed by atoms with van der Waals surface area (Å²) in [6.07, 6.45) is 4.46. The van der Waals surface area contributed by atoms with E-state index in [0.29, 0.717) is 5.39 Å². The molecule has 0 spiro atoms. The highest BCUT2D eigenvalue weighted by molar-refractivity contribution is 7.18. The van der Waals surface area contributed by atoms with Crippen LogP contribution >= 0.6 is 11.3 Å². The number of hydroxylamine groups is 1. The maximum Gasteiger partial charge on any atom is 0.263 e. The third-order valence-electron chi connectivity index (χ3n) is 4.27. The molecule has 1 aromatic carbocycles. The normalized spacial score (nSPS) is 13.1. The lowest BCUT2D eigenvalue weighted by Gasteiger charge is -2.08. The smallest absolute Gasteiger partial charge is 0.263 e. The van der Waals surface area contributed by atoms with E-state index in [-0.39, 0.29) is 24.6 Å². The maximum atomic E-state index is 12.7. The second-order valence-corrected chi connectivity index (χ2v) is 7.10. The number of benzene rings is 1. The van der Waals surface area contributed by atoms with Crippen LogP contribution < -0.4 is 11.0 Å². The second-order valence-electron chi connectivity index (χ2n) is 6.01. The second kappa shape index (κ2) is 6.78. The molecule has 1 aliphatic carbocycles. The van der Waals surface area contributed by atoms with Crippen molar-refractivity contribution in [1.82, 2.24) is 15.0 Å². The average molecular weight is 355 g/mol. The molecule has 7 heteroatoms. The number of hydrogen-bond donors (Lipinski definition) is 1. The molecular formula is C18H17N3O3S. The van der Waals surface area contributed by atoms with E-state index in [1.54, 1.807) is 11.3 Å². The van der Waals surface area contributed by atoms with Crippen molar-refractivity contribution in [2.45, 2.75) is 32.4 Å². The summed E-state index contributed by atoms with van der Waals surface area (Å²) in [7, 11) is 0. The first-order chi connectivity index (χ1) is 12.2. The third-order valence-corrected chi connectivity index (χ3v) is 5.47. The van der Waals surface area contributed by atoms with Crippen LogP contribution in [-0.4, -0.2) is 15.5 Å². The Kier molecular flexibility index (Phi) is 4.33. The molecule has 1 amide bonds. The molecule has 1 aliphatic rings. The lowest BCUT2D eigenvalue weighted by Crippen LogP contribution is -2.32. The number of hydrogen-bond acceptors (Lipinski definition) is 5. The van der Waals surface area contributed by atoms with E-state index in [4.69, 9.17) is 4.84 Å². The van der Waals surface area contributed by atoms with E-state index >= 15 is 0 Å². The highest BCUT2D eigenvalue weighted by Crippen LogP contribution is 2.34. The molecule has 128 valence electrons. The van der Waals surface area contributed by atoms with Crippen molar-refractivity contribution >= 4 is 27.5 Å². The van der Waals surface area contributed by atoms with Gasteiger partial charge < -0.3 is 0 Å². The largest absolute Gasteiger partial charge is 0.289 e. The van der Waals surface area contributed by atoms with Crippen LogP contribution in [-0.2, 0) is 35.6 Å². The summed E-state index contributed by atoms with van der Waals surface area (Å²) >= 11 is 1.59. The predicted octanol–water partition coefficient (Wildman–Crippen LogP) is 2.19. The van der Waals surface area contributed by atoms with Crippen molar-refractivity contribution in [2.75, 3.05) is 0 Å². The van der Waals surface area contributed by atoms with E-state index in [0.717, 1.165) is 35.2 Å². The Morgan fingerprint density at radius 3 is 2.96 bits per heavy atom. The summed E-state index contributed by atoms with van der Waals surface area (Å²) < 4.78 is 1.34. The van der Waals surface area contributed by atoms with Gasteiger partial charge in [0.25, 0.3) is 11.5 Å². The summed E-state index contributed by atoms with van der Waals surface area (Å²) in [6.45, 7) is 0.165. The van der Waals surface area contributed by atoms with E-state index in [9.17, 15) is 9.59 Å². The zero-order chi connectivity index (χ0) is 17.2. The molecule has 0 atom stereocenters. The van der Waals surface area contributed by atoms with Crippen LogP contribution in [0.15, 0.2) is 41.5 Å². The van der Waals surface area contributed by atoms with Crippen LogP contribution in [0.2, 0.25) is 0 Å². The van der Waals surface area contributed by atoms with Gasteiger partial charge in [0, 0.05) is 4.88 Å². The SMILES string of the molecule is O=C(Cn1cnc2sc3c(c2c1=O)CCC3)NOCc1ccccc1. The summed E-state index contributed by atoms with van der Waals surface area (Å²) in [5.74, 6) is -0.383. The van der Waals surface area contributed by atoms with Crippen molar-refractivity contribution in [3.8, 4) is 0 Å². The highest BCUT2D eigenvalue weighted by atomic mass is 32.1. The van der Waals surface area contributed by atoms with Crippen LogP contribution in [0.25, 0.3) is 10.2 Å². The van der Waals surface area contributed by atoms with Gasteiger partial charge in [0.1, 0.15) is 11.4 Å². The molecule has 4 rings (SSSR count). The van der Waals surface area contributed by atoms with Crippen LogP contribution in [0.1, 0.15) is 22.4 Å². The molecule has 1 N–H and O–H groups in total. The lowest BCUT2D eigenvalue weighted by molar-refractivity contribution is -0.135. The molecule has 0 unspecified atom stereocenters. The average Bonchev–Trinajstić information content (AvgIpc) is 3.19. The van der Waals surface area contributed by atoms with Crippen LogP contribution in [0.4, 0.5) is 0 Å². The molecule has 2 aromatic heterocycles. The summed E-state index contributed by atoms with van der Waals surface area (Å²) in [4.78, 5) is 36.3. The van der Waals surface area contributed by atoms with Gasteiger partial charge in [-0.2, -0.15) is 0 Å². The number of aromatic nitrogens is 2. The number of carbonyl (C=O) groups is 1. The molecule has 0 saturated heterocycles. The van der Waals surface area contributed by atoms with Crippen molar-refractivity contribution in [2.24, 2.45) is 0 Å². The van der Waals surface area contributed by atoms with Crippen molar-refractivity contribution in [1.29, 1.82) is 0 Å². The van der Waals surface area contributed by atoms with Gasteiger partial charge in [-0.15, -0.1) is 11.3 Å². The molecule has 0 bridgehead atoms. The number of rotatable bonds is 5. The van der Waals surface area contributed by atoms with Crippen molar-refractivity contribution in [3.05, 3.63) is 63.0 Å². The number of fused-ring (bicyclic) bond motifs is 3. The Labute approximate surface area is 148 Å². The van der Waals surface area contributed by atoms with Gasteiger partial charge in [0.2, 0.25) is 0 Å². The quantitative estimate of drug-likeness (QED) is 0.712. The first-order valence-electron chi connectivity index (χ1n) is 8.16. The molecule has 6 nitrogen and oxygen atoms in total. The highest BCUT2D eigenvalue weighted by Gasteiger charge is 2.21. The number of nitrogens with one attached hydrogen (secondary N) is 1. The molecule has 3 aromatic rings. The zero-order valence-electron chi connectivity index (χ0n) is 13.5. The topological polar surface area (TPSA) is 73.2 Å². The van der Waals surface area contributed by atoms with E-state index in [1.807, 2.05) is 30.3 Å². The fraction of sp³-hybridized carbons (Fsp3) is 0.278. The Balaban J connectivity index is 1.44. The molecule has 0 aliphatic heterocycles. The van der Waals surface area contributed by atoms with E-state index in [2.05, 4.69) is 10.5 Å². The monoisotopic (exact) mass is 355 g/mol. The predicted molar refractivity (Wildman–Crippen MR) is 95.3 cm³/mol. The van der Waals surface area contributed by atoms with E-state index in [1.165, 1.54) is 15.8 Å². The molecule has 25 heavy (non-hydrogen) atoms. The number of amides is 1. The summed E-state index contributed by atoms with van der Waals surface area (Å²) in [5.41, 5.74) is 4.30. The molecule has 0 radical (unpaired) electrons. The summed E-state index contributed by atoms with van der Waals surface area (Å²) in [5, 5.41) is 0.679. The van der Waals surface area contributed by atoms with E-state index < -0.39 is 0 Å². The first-order valence-corrected chi connectivity index (χ1v) is 8.98. The Bertz CT molecular complexity index is 978. The molecule has 0 fully saturated rings. The van der Waals surface area contributed by atoms with Crippen LogP contribution in [0.5, 0.6) is 0 Å². The fourth-order valence-corrected chi connectivity index (χ4v) is 4.31. The Morgan fingerprint density at radius 2 is 2.12 bits per heavy atom. The number of nitrogens with zero attached hydrogens (tertiary/aromatic N) is 2. The third kappa shape index (κ3) is 3.20. The zero-order valence-corrected chi connectivity index (χ0v) is 14.3. The van der Waals surface area contributed by atoms with Crippen LogP contribution in [0.3, 0.4) is 0 Å². The van der Waals surface area contributed by atoms with Crippen molar-refractivity contribution in [3.63, 3.8) is 0 Å². The number of thiophene rings is 1. The molecular weight excluding hydrogens is 338 g/mol. The maximum absolute atomic E-state index is 12.7. The van der Waals surface area contributed by atoms with Crippen molar-refractivity contribution < 1.29 is 9.63 Å². The Morgan fingerprint density at radius 1 is 1.28 bits per heavy atom. The van der Waals surface area contributed by atoms with Gasteiger partial charge in [-0.05, 0) is 30.4 Å². The Hall–Kier alpha value is -2.51. The lowest BCUT2D eigenvalue weighted by atomic mass is 10.2. The summed E-state index contributed by atoms with van der Waals surface area (Å²) in [6, 6.07) is 9.54. The minimum Gasteiger partial charge on any atom is -0.289 e. The van der Waals surface area contributed by atoms with Crippen LogP contribution in [0, 0.1) is 0 Å². The van der Waals surface area contributed by atoms with Gasteiger partial charge >= 0.3 is 0 Å². The number of aryl methyl sites for hydroxylation is 2. The fourth-order valence-electron chi connectivity index (χ4n) is 3.09.